The third kappa shape index (κ3) is 42.1. The van der Waals surface area contributed by atoms with E-state index in [-0.39, 0.29) is 36.2 Å². The van der Waals surface area contributed by atoms with Crippen molar-refractivity contribution in [2.45, 2.75) is 219 Å². The molecule has 0 aliphatic rings. The monoisotopic (exact) mass is 857 g/mol. The van der Waals surface area contributed by atoms with E-state index < -0.39 is 18.1 Å². The number of hydrogen-bond acceptors (Lipinski definition) is 6. The first-order valence-electron chi connectivity index (χ1n) is 24.8. The molecule has 0 saturated heterocycles. The van der Waals surface area contributed by atoms with Crippen LogP contribution in [0.25, 0.3) is 0 Å². The standard InChI is InChI=1S/C53H93NO7/c1-6-8-10-12-14-16-18-20-22-23-24-25-26-27-28-29-30-32-34-36-38-40-42-44-52(56)61-49(47-59-46-45-50(53(57)58)54(3,4)5)48-60-51(55)43-41-39-37-35-33-31-21-19-17-15-13-11-9-7-2/h9,11,15,17,21,24-25,27-28,31,49-50H,6-8,10,12-14,16,18-20,22-23,26,29-30,32-48H2,1-5H3/p+1/b11-9+,17-15+,25-24+,28-27+,31-21+. The second-order valence-electron chi connectivity index (χ2n) is 17.7. The molecule has 0 fully saturated rings. The molecule has 0 aromatic carbocycles. The molecule has 1 N–H and O–H groups in total. The van der Waals surface area contributed by atoms with Gasteiger partial charge in [0, 0.05) is 19.3 Å². The molecule has 0 bridgehead atoms. The molecule has 0 heterocycles. The number of esters is 2. The molecule has 0 amide bonds. The number of nitrogens with zero attached hydrogens (tertiary/aromatic N) is 1. The lowest BCUT2D eigenvalue weighted by molar-refractivity contribution is -0.887. The quantitative estimate of drug-likeness (QED) is 0.0282. The lowest BCUT2D eigenvalue weighted by Crippen LogP contribution is -2.50. The van der Waals surface area contributed by atoms with E-state index in [9.17, 15) is 19.5 Å². The maximum absolute atomic E-state index is 12.8. The largest absolute Gasteiger partial charge is 0.477 e. The minimum Gasteiger partial charge on any atom is -0.477 e. The SMILES string of the molecule is CC/C=C/C/C=C/C/C=C/CCCCCCC(=O)OCC(COCCC(C(=O)O)[N+](C)(C)C)OC(=O)CCCCCCCCC/C=C/C/C=C/CCCCCCCCCCC. The third-order valence-electron chi connectivity index (χ3n) is 10.9. The number of carbonyl (C=O) groups excluding carboxylic acids is 2. The molecule has 8 heteroatoms. The second kappa shape index (κ2) is 43.7. The van der Waals surface area contributed by atoms with Gasteiger partial charge in [-0.25, -0.2) is 4.79 Å². The van der Waals surface area contributed by atoms with Crippen molar-refractivity contribution in [1.29, 1.82) is 0 Å². The number of rotatable bonds is 44. The number of allylic oxidation sites excluding steroid dienone is 10. The Bertz CT molecular complexity index is 1180. The summed E-state index contributed by atoms with van der Waals surface area (Å²) in [6.45, 7) is 4.60. The summed E-state index contributed by atoms with van der Waals surface area (Å²) in [4.78, 5) is 37.1. The molecule has 61 heavy (non-hydrogen) atoms. The van der Waals surface area contributed by atoms with Gasteiger partial charge in [-0.05, 0) is 77.0 Å². The summed E-state index contributed by atoms with van der Waals surface area (Å²) in [5, 5.41) is 9.64. The van der Waals surface area contributed by atoms with Gasteiger partial charge in [0.1, 0.15) is 6.61 Å². The molecule has 352 valence electrons. The van der Waals surface area contributed by atoms with E-state index in [2.05, 4.69) is 74.6 Å². The van der Waals surface area contributed by atoms with E-state index in [1.807, 2.05) is 21.1 Å². The summed E-state index contributed by atoms with van der Waals surface area (Å²) in [6.07, 6.45) is 54.2. The van der Waals surface area contributed by atoms with E-state index in [0.29, 0.717) is 19.3 Å². The van der Waals surface area contributed by atoms with Crippen LogP contribution < -0.4 is 0 Å². The fraction of sp³-hybridized carbons (Fsp3) is 0.755. The summed E-state index contributed by atoms with van der Waals surface area (Å²) in [6, 6.07) is -0.622. The fourth-order valence-corrected chi connectivity index (χ4v) is 7.08. The van der Waals surface area contributed by atoms with Gasteiger partial charge in [0.15, 0.2) is 12.1 Å². The van der Waals surface area contributed by atoms with Crippen LogP contribution in [0.4, 0.5) is 0 Å². The molecule has 0 radical (unpaired) electrons. The van der Waals surface area contributed by atoms with Crippen molar-refractivity contribution in [3.63, 3.8) is 0 Å². The topological polar surface area (TPSA) is 99.1 Å². The second-order valence-corrected chi connectivity index (χ2v) is 17.7. The zero-order valence-electron chi connectivity index (χ0n) is 40.1. The number of carbonyl (C=O) groups is 3. The number of aliphatic carboxylic acids is 1. The van der Waals surface area contributed by atoms with E-state index in [0.717, 1.165) is 83.5 Å². The number of hydrogen-bond donors (Lipinski definition) is 1. The van der Waals surface area contributed by atoms with Gasteiger partial charge in [-0.3, -0.25) is 9.59 Å². The average Bonchev–Trinajstić information content (AvgIpc) is 3.22. The molecule has 8 nitrogen and oxygen atoms in total. The van der Waals surface area contributed by atoms with Crippen LogP contribution in [-0.4, -0.2) is 80.6 Å². The summed E-state index contributed by atoms with van der Waals surface area (Å²) in [5.41, 5.74) is 0. The van der Waals surface area contributed by atoms with Crippen LogP contribution in [0.3, 0.4) is 0 Å². The van der Waals surface area contributed by atoms with E-state index in [1.54, 1.807) is 0 Å². The van der Waals surface area contributed by atoms with Crippen molar-refractivity contribution in [3.8, 4) is 0 Å². The van der Waals surface area contributed by atoms with Gasteiger partial charge < -0.3 is 23.8 Å². The van der Waals surface area contributed by atoms with Crippen LogP contribution >= 0.6 is 0 Å². The molecule has 0 aromatic heterocycles. The Balaban J connectivity index is 4.28. The predicted molar refractivity (Wildman–Crippen MR) is 257 cm³/mol. The Kier molecular flexibility index (Phi) is 41.5. The molecule has 0 rings (SSSR count). The van der Waals surface area contributed by atoms with E-state index in [1.165, 1.54) is 89.9 Å². The Hall–Kier alpha value is -2.97. The minimum absolute atomic E-state index is 0.0486. The highest BCUT2D eigenvalue weighted by molar-refractivity contribution is 5.72. The molecule has 0 spiro atoms. The lowest BCUT2D eigenvalue weighted by atomic mass is 10.1. The highest BCUT2D eigenvalue weighted by Gasteiger charge is 2.31. The van der Waals surface area contributed by atoms with E-state index >= 15 is 0 Å². The van der Waals surface area contributed by atoms with Gasteiger partial charge in [0.25, 0.3) is 0 Å². The van der Waals surface area contributed by atoms with Gasteiger partial charge in [-0.2, -0.15) is 0 Å². The normalized spacial score (nSPS) is 13.4. The summed E-state index contributed by atoms with van der Waals surface area (Å²) in [5.74, 6) is -1.51. The van der Waals surface area contributed by atoms with Crippen LogP contribution in [0.1, 0.15) is 206 Å². The summed E-state index contributed by atoms with van der Waals surface area (Å²) >= 11 is 0. The van der Waals surface area contributed by atoms with Crippen LogP contribution in [0.15, 0.2) is 60.8 Å². The van der Waals surface area contributed by atoms with E-state index in [4.69, 9.17) is 14.2 Å². The average molecular weight is 857 g/mol. The highest BCUT2D eigenvalue weighted by Crippen LogP contribution is 2.14. The van der Waals surface area contributed by atoms with Gasteiger partial charge in [-0.15, -0.1) is 0 Å². The lowest BCUT2D eigenvalue weighted by Gasteiger charge is -2.31. The van der Waals surface area contributed by atoms with Gasteiger partial charge >= 0.3 is 17.9 Å². The molecule has 2 atom stereocenters. The predicted octanol–water partition coefficient (Wildman–Crippen LogP) is 14.1. The molecule has 2 unspecified atom stereocenters. The highest BCUT2D eigenvalue weighted by atomic mass is 16.6. The smallest absolute Gasteiger partial charge is 0.362 e. The van der Waals surface area contributed by atoms with Crippen molar-refractivity contribution in [2.24, 2.45) is 0 Å². The number of unbranched alkanes of at least 4 members (excludes halogenated alkanes) is 20. The van der Waals surface area contributed by atoms with Crippen LogP contribution in [0, 0.1) is 0 Å². The number of ether oxygens (including phenoxy) is 3. The number of carboxylic acids is 1. The number of quaternary nitrogens is 1. The minimum atomic E-state index is -0.881. The van der Waals surface area contributed by atoms with Crippen molar-refractivity contribution < 1.29 is 38.2 Å². The molecule has 0 saturated carbocycles. The maximum atomic E-state index is 12.8. The Labute approximate surface area is 375 Å². The first-order chi connectivity index (χ1) is 29.6. The third-order valence-corrected chi connectivity index (χ3v) is 10.9. The zero-order chi connectivity index (χ0) is 44.9. The fourth-order valence-electron chi connectivity index (χ4n) is 7.08. The zero-order valence-corrected chi connectivity index (χ0v) is 40.1. The van der Waals surface area contributed by atoms with Crippen molar-refractivity contribution in [3.05, 3.63) is 60.8 Å². The first-order valence-corrected chi connectivity index (χ1v) is 24.8. The Morgan fingerprint density at radius 1 is 0.508 bits per heavy atom. The van der Waals surface area contributed by atoms with Crippen LogP contribution in [-0.2, 0) is 28.6 Å². The van der Waals surface area contributed by atoms with Gasteiger partial charge in [-0.1, -0.05) is 171 Å². The molecule has 0 aliphatic carbocycles. The summed E-state index contributed by atoms with van der Waals surface area (Å²) in [7, 11) is 5.52. The number of likely N-dealkylation sites (N-methyl/N-ethyl adjacent to an activating group) is 1. The van der Waals surface area contributed by atoms with Crippen molar-refractivity contribution >= 4 is 17.9 Å². The van der Waals surface area contributed by atoms with Crippen LogP contribution in [0.2, 0.25) is 0 Å². The molecular weight excluding hydrogens is 763 g/mol. The van der Waals surface area contributed by atoms with Crippen molar-refractivity contribution in [1.82, 2.24) is 0 Å². The Morgan fingerprint density at radius 3 is 1.36 bits per heavy atom. The van der Waals surface area contributed by atoms with Crippen LogP contribution in [0.5, 0.6) is 0 Å². The Morgan fingerprint density at radius 2 is 0.918 bits per heavy atom. The molecular formula is C53H94NO7+. The molecule has 0 aliphatic heterocycles. The first kappa shape index (κ1) is 58.0. The number of carboxylic acid groups (broad SMARTS) is 1. The molecule has 0 aromatic rings. The van der Waals surface area contributed by atoms with Gasteiger partial charge in [0.05, 0.1) is 34.4 Å². The summed E-state index contributed by atoms with van der Waals surface area (Å²) < 4.78 is 17.3. The van der Waals surface area contributed by atoms with Crippen molar-refractivity contribution in [2.75, 3.05) is 41.0 Å². The maximum Gasteiger partial charge on any atom is 0.362 e. The van der Waals surface area contributed by atoms with Gasteiger partial charge in [0.2, 0.25) is 0 Å².